The first-order valence-corrected chi connectivity index (χ1v) is 5.35. The zero-order valence-electron chi connectivity index (χ0n) is 8.63. The van der Waals surface area contributed by atoms with Gasteiger partial charge in [-0.1, -0.05) is 0 Å². The summed E-state index contributed by atoms with van der Waals surface area (Å²) < 4.78 is 0. The maximum atomic E-state index is 11.5. The molecule has 0 radical (unpaired) electrons. The molecule has 78 valence electrons. The molecule has 0 saturated heterocycles. The topological polar surface area (TPSA) is 49.3 Å². The molecule has 0 aromatic carbocycles. The van der Waals surface area contributed by atoms with E-state index in [2.05, 4.69) is 5.32 Å². The van der Waals surface area contributed by atoms with Gasteiger partial charge in [-0.2, -0.15) is 0 Å². The fourth-order valence-corrected chi connectivity index (χ4v) is 1.96. The predicted octanol–water partition coefficient (Wildman–Crippen LogP) is 1.48. The van der Waals surface area contributed by atoms with E-state index in [1.54, 1.807) is 6.92 Å². The summed E-state index contributed by atoms with van der Waals surface area (Å²) in [6.07, 6.45) is -0.499. The molecule has 0 unspecified atom stereocenters. The van der Waals surface area contributed by atoms with Gasteiger partial charge in [-0.25, -0.2) is 0 Å². The monoisotopic (exact) mass is 213 g/mol. The second kappa shape index (κ2) is 4.57. The lowest BCUT2D eigenvalue weighted by molar-refractivity contribution is 0.0928. The maximum absolute atomic E-state index is 11.5. The molecular formula is C10H15NO2S. The van der Waals surface area contributed by atoms with Crippen molar-refractivity contribution >= 4 is 17.2 Å². The fraction of sp³-hybridized carbons (Fsp3) is 0.500. The van der Waals surface area contributed by atoms with Crippen LogP contribution in [0, 0.1) is 13.8 Å². The molecule has 1 heterocycles. The van der Waals surface area contributed by atoms with Crippen molar-refractivity contribution in [2.45, 2.75) is 26.9 Å². The van der Waals surface area contributed by atoms with Crippen molar-refractivity contribution in [1.82, 2.24) is 5.32 Å². The predicted molar refractivity (Wildman–Crippen MR) is 57.8 cm³/mol. The Hall–Kier alpha value is -0.870. The molecule has 14 heavy (non-hydrogen) atoms. The molecule has 0 bridgehead atoms. The second-order valence-electron chi connectivity index (χ2n) is 3.41. The molecule has 2 N–H and O–H groups in total. The van der Waals surface area contributed by atoms with Gasteiger partial charge in [-0.15, -0.1) is 11.3 Å². The number of amides is 1. The Labute approximate surface area is 87.8 Å². The lowest BCUT2D eigenvalue weighted by Gasteiger charge is -2.04. The van der Waals surface area contributed by atoms with E-state index < -0.39 is 6.10 Å². The molecule has 1 aromatic heterocycles. The molecule has 1 rings (SSSR count). The van der Waals surface area contributed by atoms with Crippen LogP contribution in [0.4, 0.5) is 0 Å². The molecule has 1 atom stereocenters. The zero-order valence-corrected chi connectivity index (χ0v) is 9.44. The Morgan fingerprint density at radius 1 is 1.64 bits per heavy atom. The van der Waals surface area contributed by atoms with E-state index in [0.29, 0.717) is 11.4 Å². The molecule has 0 aliphatic heterocycles. The summed E-state index contributed by atoms with van der Waals surface area (Å²) in [5, 5.41) is 11.7. The highest BCUT2D eigenvalue weighted by molar-refractivity contribution is 7.14. The Morgan fingerprint density at radius 3 is 2.71 bits per heavy atom. The second-order valence-corrected chi connectivity index (χ2v) is 4.67. The Balaban J connectivity index is 2.61. The van der Waals surface area contributed by atoms with Gasteiger partial charge in [0.15, 0.2) is 0 Å². The lowest BCUT2D eigenvalue weighted by Crippen LogP contribution is -2.29. The number of carbonyl (C=O) groups is 1. The van der Waals surface area contributed by atoms with Crippen molar-refractivity contribution in [3.05, 3.63) is 21.4 Å². The van der Waals surface area contributed by atoms with Crippen LogP contribution >= 0.6 is 11.3 Å². The van der Waals surface area contributed by atoms with E-state index in [1.807, 2.05) is 19.9 Å². The molecular weight excluding hydrogens is 198 g/mol. The van der Waals surface area contributed by atoms with Crippen molar-refractivity contribution in [3.8, 4) is 0 Å². The van der Waals surface area contributed by atoms with Crippen LogP contribution in [0.5, 0.6) is 0 Å². The molecule has 0 fully saturated rings. The van der Waals surface area contributed by atoms with Crippen LogP contribution in [0.1, 0.15) is 27.0 Å². The standard InChI is InChI=1S/C10H15NO2S/c1-6-4-9(14-8(6)3)10(13)11-5-7(2)12/h4,7,12H,5H2,1-3H3,(H,11,13)/t7-/m1/s1. The Morgan fingerprint density at radius 2 is 2.29 bits per heavy atom. The summed E-state index contributed by atoms with van der Waals surface area (Å²) in [6, 6.07) is 1.87. The molecule has 4 heteroatoms. The summed E-state index contributed by atoms with van der Waals surface area (Å²) in [4.78, 5) is 13.4. The number of aryl methyl sites for hydroxylation is 2. The summed E-state index contributed by atoms with van der Waals surface area (Å²) in [7, 11) is 0. The van der Waals surface area contributed by atoms with Crippen LogP contribution in [-0.2, 0) is 0 Å². The Kier molecular flexibility index (Phi) is 3.66. The number of aliphatic hydroxyl groups is 1. The summed E-state index contributed by atoms with van der Waals surface area (Å²) >= 11 is 1.48. The maximum Gasteiger partial charge on any atom is 0.261 e. The van der Waals surface area contributed by atoms with E-state index in [9.17, 15) is 4.79 Å². The molecule has 0 spiro atoms. The van der Waals surface area contributed by atoms with E-state index in [4.69, 9.17) is 5.11 Å². The first-order valence-electron chi connectivity index (χ1n) is 4.54. The minimum Gasteiger partial charge on any atom is -0.392 e. The van der Waals surface area contributed by atoms with E-state index in [1.165, 1.54) is 11.3 Å². The van der Waals surface area contributed by atoms with Crippen LogP contribution < -0.4 is 5.32 Å². The van der Waals surface area contributed by atoms with Gasteiger partial charge in [0.05, 0.1) is 11.0 Å². The van der Waals surface area contributed by atoms with Crippen LogP contribution in [0.15, 0.2) is 6.07 Å². The average Bonchev–Trinajstić information content (AvgIpc) is 2.43. The van der Waals surface area contributed by atoms with Gasteiger partial charge in [0.25, 0.3) is 5.91 Å². The average molecular weight is 213 g/mol. The quantitative estimate of drug-likeness (QED) is 0.799. The van der Waals surface area contributed by atoms with Crippen molar-refractivity contribution in [2.24, 2.45) is 0 Å². The van der Waals surface area contributed by atoms with Gasteiger partial charge in [-0.05, 0) is 32.4 Å². The third kappa shape index (κ3) is 2.82. The molecule has 1 amide bonds. The fourth-order valence-electron chi connectivity index (χ4n) is 1.01. The molecule has 3 nitrogen and oxygen atoms in total. The van der Waals surface area contributed by atoms with Crippen LogP contribution in [0.2, 0.25) is 0 Å². The number of hydrogen-bond donors (Lipinski definition) is 2. The summed E-state index contributed by atoms with van der Waals surface area (Å²) in [6.45, 7) is 5.92. The third-order valence-electron chi connectivity index (χ3n) is 1.95. The van der Waals surface area contributed by atoms with Gasteiger partial charge in [0.2, 0.25) is 0 Å². The van der Waals surface area contributed by atoms with Crippen molar-refractivity contribution in [2.75, 3.05) is 6.54 Å². The van der Waals surface area contributed by atoms with Gasteiger partial charge < -0.3 is 10.4 Å². The lowest BCUT2D eigenvalue weighted by atomic mass is 10.3. The minimum absolute atomic E-state index is 0.105. The van der Waals surface area contributed by atoms with Gasteiger partial charge in [-0.3, -0.25) is 4.79 Å². The first-order chi connectivity index (χ1) is 6.50. The van der Waals surface area contributed by atoms with Gasteiger partial charge >= 0.3 is 0 Å². The summed E-state index contributed by atoms with van der Waals surface area (Å²) in [5.74, 6) is -0.105. The van der Waals surface area contributed by atoms with E-state index in [-0.39, 0.29) is 5.91 Å². The van der Waals surface area contributed by atoms with E-state index in [0.717, 1.165) is 10.4 Å². The molecule has 0 saturated carbocycles. The normalized spacial score (nSPS) is 12.6. The number of carbonyl (C=O) groups excluding carboxylic acids is 1. The van der Waals surface area contributed by atoms with E-state index >= 15 is 0 Å². The highest BCUT2D eigenvalue weighted by atomic mass is 32.1. The Bertz CT molecular complexity index is 311. The SMILES string of the molecule is Cc1cc(C(=O)NC[C@@H](C)O)sc1C. The zero-order chi connectivity index (χ0) is 10.7. The number of hydrogen-bond acceptors (Lipinski definition) is 3. The summed E-state index contributed by atoms with van der Waals surface area (Å²) in [5.41, 5.74) is 1.14. The largest absolute Gasteiger partial charge is 0.392 e. The number of nitrogens with one attached hydrogen (secondary N) is 1. The highest BCUT2D eigenvalue weighted by Crippen LogP contribution is 2.20. The first kappa shape index (κ1) is 11.2. The minimum atomic E-state index is -0.499. The van der Waals surface area contributed by atoms with Gasteiger partial charge in [0, 0.05) is 11.4 Å². The number of rotatable bonds is 3. The van der Waals surface area contributed by atoms with Crippen molar-refractivity contribution < 1.29 is 9.90 Å². The van der Waals surface area contributed by atoms with Crippen molar-refractivity contribution in [1.29, 1.82) is 0 Å². The molecule has 0 aliphatic carbocycles. The molecule has 1 aromatic rings. The van der Waals surface area contributed by atoms with Crippen LogP contribution in [0.3, 0.4) is 0 Å². The smallest absolute Gasteiger partial charge is 0.261 e. The number of aliphatic hydroxyl groups excluding tert-OH is 1. The third-order valence-corrected chi connectivity index (χ3v) is 3.10. The van der Waals surface area contributed by atoms with Crippen molar-refractivity contribution in [3.63, 3.8) is 0 Å². The molecule has 0 aliphatic rings. The van der Waals surface area contributed by atoms with Crippen LogP contribution in [-0.4, -0.2) is 23.7 Å². The van der Waals surface area contributed by atoms with Gasteiger partial charge in [0.1, 0.15) is 0 Å². The highest BCUT2D eigenvalue weighted by Gasteiger charge is 2.10. The number of thiophene rings is 1. The van der Waals surface area contributed by atoms with Crippen LogP contribution in [0.25, 0.3) is 0 Å².